The Bertz CT molecular complexity index is 819. The quantitative estimate of drug-likeness (QED) is 0.628. The third kappa shape index (κ3) is 6.69. The van der Waals surface area contributed by atoms with Gasteiger partial charge in [-0.15, -0.1) is 0 Å². The second-order valence-corrected chi connectivity index (χ2v) is 9.77. The second-order valence-electron chi connectivity index (χ2n) is 9.77. The Morgan fingerprint density at radius 2 is 1.70 bits per heavy atom. The molecule has 3 rings (SSSR count). The molecule has 1 aromatic rings. The highest BCUT2D eigenvalue weighted by Crippen LogP contribution is 2.32. The average molecular weight is 461 g/mol. The molecule has 8 heteroatoms. The first-order valence-corrected chi connectivity index (χ1v) is 11.8. The molecule has 1 heterocycles. The average Bonchev–Trinajstić information content (AvgIpc) is 3.28. The van der Waals surface area contributed by atoms with Crippen molar-refractivity contribution in [1.29, 1.82) is 0 Å². The lowest BCUT2D eigenvalue weighted by Gasteiger charge is -2.43. The molecule has 1 aromatic carbocycles. The monoisotopic (exact) mass is 460 g/mol. The van der Waals surface area contributed by atoms with E-state index in [4.69, 9.17) is 9.47 Å². The first-order chi connectivity index (χ1) is 15.7. The summed E-state index contributed by atoms with van der Waals surface area (Å²) in [5, 5.41) is 9.96. The van der Waals surface area contributed by atoms with E-state index in [-0.39, 0.29) is 43.4 Å². The van der Waals surface area contributed by atoms with Gasteiger partial charge < -0.3 is 24.4 Å². The van der Waals surface area contributed by atoms with Crippen molar-refractivity contribution < 1.29 is 29.0 Å². The van der Waals surface area contributed by atoms with E-state index in [1.165, 1.54) is 6.92 Å². The van der Waals surface area contributed by atoms with E-state index in [0.717, 1.165) is 5.56 Å². The number of rotatable bonds is 7. The van der Waals surface area contributed by atoms with E-state index in [2.05, 4.69) is 0 Å². The van der Waals surface area contributed by atoms with Crippen molar-refractivity contribution in [3.8, 4) is 0 Å². The summed E-state index contributed by atoms with van der Waals surface area (Å²) in [5.41, 5.74) is 0.0366. The van der Waals surface area contributed by atoms with Crippen LogP contribution >= 0.6 is 0 Å². The molecule has 0 bridgehead atoms. The van der Waals surface area contributed by atoms with Gasteiger partial charge in [-0.1, -0.05) is 30.3 Å². The van der Waals surface area contributed by atoms with Gasteiger partial charge >= 0.3 is 12.1 Å². The minimum Gasteiger partial charge on any atom is -0.465 e. The van der Waals surface area contributed by atoms with E-state index < -0.39 is 11.4 Å². The van der Waals surface area contributed by atoms with Gasteiger partial charge in [0.1, 0.15) is 13.2 Å². The highest BCUT2D eigenvalue weighted by molar-refractivity contribution is 5.83. The molecule has 0 aromatic heterocycles. The van der Waals surface area contributed by atoms with Crippen LogP contribution in [0.25, 0.3) is 0 Å². The molecule has 1 aliphatic carbocycles. The topological polar surface area (TPSA) is 96.4 Å². The normalized spacial score (nSPS) is 23.2. The van der Waals surface area contributed by atoms with E-state index in [1.54, 1.807) is 18.7 Å². The predicted octanol–water partition coefficient (Wildman–Crippen LogP) is 3.12. The van der Waals surface area contributed by atoms with Crippen LogP contribution in [0.5, 0.6) is 0 Å². The van der Waals surface area contributed by atoms with Crippen molar-refractivity contribution in [2.45, 2.75) is 77.7 Å². The number of aliphatic hydroxyl groups is 1. The summed E-state index contributed by atoms with van der Waals surface area (Å²) in [6.07, 6.45) is 2.67. The lowest BCUT2D eigenvalue weighted by atomic mass is 9.86. The first kappa shape index (κ1) is 25.0. The van der Waals surface area contributed by atoms with Crippen LogP contribution in [-0.2, 0) is 25.7 Å². The van der Waals surface area contributed by atoms with E-state index in [0.29, 0.717) is 45.2 Å². The fraction of sp³-hybridized carbons (Fsp3) is 0.640. The molecule has 1 saturated carbocycles. The number of esters is 1. The maximum Gasteiger partial charge on any atom is 0.410 e. The van der Waals surface area contributed by atoms with Crippen molar-refractivity contribution in [1.82, 2.24) is 9.80 Å². The summed E-state index contributed by atoms with van der Waals surface area (Å²) in [6, 6.07) is 9.37. The highest BCUT2D eigenvalue weighted by Gasteiger charge is 2.43. The molecule has 2 amide bonds. The number of hydrogen-bond acceptors (Lipinski definition) is 6. The maximum absolute atomic E-state index is 13.7. The summed E-state index contributed by atoms with van der Waals surface area (Å²) >= 11 is 0. The lowest BCUT2D eigenvalue weighted by molar-refractivity contribution is -0.155. The fourth-order valence-corrected chi connectivity index (χ4v) is 4.60. The number of benzene rings is 1. The van der Waals surface area contributed by atoms with Crippen LogP contribution in [0.15, 0.2) is 30.3 Å². The van der Waals surface area contributed by atoms with Crippen molar-refractivity contribution in [2.75, 3.05) is 19.7 Å². The van der Waals surface area contributed by atoms with Crippen LogP contribution in [0.4, 0.5) is 4.79 Å². The van der Waals surface area contributed by atoms with Gasteiger partial charge in [0.05, 0.1) is 17.6 Å². The molecule has 182 valence electrons. The Kier molecular flexibility index (Phi) is 8.35. The SMILES string of the molecule is CC(=O)OCC(C)(C)C(=O)N(C1CCC(O)CC1)[C@H]1CCN(C(=O)OCc2ccccc2)C1. The number of ether oxygens (including phenoxy) is 2. The van der Waals surface area contributed by atoms with Gasteiger partial charge in [0.25, 0.3) is 0 Å². The molecule has 2 fully saturated rings. The molecule has 33 heavy (non-hydrogen) atoms. The summed E-state index contributed by atoms with van der Waals surface area (Å²) in [5.74, 6) is -0.508. The Morgan fingerprint density at radius 3 is 2.33 bits per heavy atom. The van der Waals surface area contributed by atoms with E-state index in [1.807, 2.05) is 35.2 Å². The number of aliphatic hydroxyl groups excluding tert-OH is 1. The molecule has 0 spiro atoms. The zero-order valence-electron chi connectivity index (χ0n) is 19.9. The number of amides is 2. The molecule has 0 unspecified atom stereocenters. The third-order valence-corrected chi connectivity index (χ3v) is 6.53. The zero-order chi connectivity index (χ0) is 24.0. The Labute approximate surface area is 195 Å². The van der Waals surface area contributed by atoms with Gasteiger partial charge in [0, 0.05) is 26.1 Å². The van der Waals surface area contributed by atoms with Crippen LogP contribution in [0.1, 0.15) is 58.4 Å². The zero-order valence-corrected chi connectivity index (χ0v) is 19.9. The molecular formula is C25H36N2O6. The largest absolute Gasteiger partial charge is 0.465 e. The fourth-order valence-electron chi connectivity index (χ4n) is 4.60. The molecule has 0 radical (unpaired) electrons. The standard InChI is InChI=1S/C25H36N2O6/c1-18(28)33-17-25(2,3)23(30)27(20-9-11-22(29)12-10-20)21-13-14-26(15-21)24(31)32-16-19-7-5-4-6-8-19/h4-8,20-22,29H,9-17H2,1-3H3/t20?,21-,22?/m0/s1. The number of nitrogens with zero attached hydrogens (tertiary/aromatic N) is 2. The summed E-state index contributed by atoms with van der Waals surface area (Å²) in [4.78, 5) is 41.2. The van der Waals surface area contributed by atoms with E-state index in [9.17, 15) is 19.5 Å². The van der Waals surface area contributed by atoms with Crippen molar-refractivity contribution >= 4 is 18.0 Å². The Morgan fingerprint density at radius 1 is 1.03 bits per heavy atom. The summed E-state index contributed by atoms with van der Waals surface area (Å²) < 4.78 is 10.7. The number of carbonyl (C=O) groups is 3. The first-order valence-electron chi connectivity index (χ1n) is 11.8. The van der Waals surface area contributed by atoms with Crippen molar-refractivity contribution in [2.24, 2.45) is 5.41 Å². The summed E-state index contributed by atoms with van der Waals surface area (Å²) in [6.45, 7) is 6.02. The molecule has 1 aliphatic heterocycles. The smallest absolute Gasteiger partial charge is 0.410 e. The van der Waals surface area contributed by atoms with Crippen LogP contribution in [0, 0.1) is 5.41 Å². The lowest BCUT2D eigenvalue weighted by Crippen LogP contribution is -2.55. The Balaban J connectivity index is 1.68. The molecule has 1 N–H and O–H groups in total. The summed E-state index contributed by atoms with van der Waals surface area (Å²) in [7, 11) is 0. The molecule has 2 aliphatic rings. The molecule has 1 atom stereocenters. The van der Waals surface area contributed by atoms with Crippen LogP contribution < -0.4 is 0 Å². The van der Waals surface area contributed by atoms with Crippen LogP contribution in [0.2, 0.25) is 0 Å². The van der Waals surface area contributed by atoms with Crippen molar-refractivity contribution in [3.05, 3.63) is 35.9 Å². The van der Waals surface area contributed by atoms with Gasteiger partial charge in [-0.25, -0.2) is 4.79 Å². The molecule has 8 nitrogen and oxygen atoms in total. The molecular weight excluding hydrogens is 424 g/mol. The maximum atomic E-state index is 13.7. The minimum absolute atomic E-state index is 0.00254. The van der Waals surface area contributed by atoms with Crippen molar-refractivity contribution in [3.63, 3.8) is 0 Å². The van der Waals surface area contributed by atoms with Crippen LogP contribution in [0.3, 0.4) is 0 Å². The van der Waals surface area contributed by atoms with E-state index >= 15 is 0 Å². The molecule has 1 saturated heterocycles. The number of likely N-dealkylation sites (tertiary alicyclic amines) is 1. The minimum atomic E-state index is -0.886. The predicted molar refractivity (Wildman–Crippen MR) is 122 cm³/mol. The van der Waals surface area contributed by atoms with Gasteiger partial charge in [0.15, 0.2) is 0 Å². The van der Waals surface area contributed by atoms with Gasteiger partial charge in [0.2, 0.25) is 5.91 Å². The Hall–Kier alpha value is -2.61. The van der Waals surface area contributed by atoms with Gasteiger partial charge in [-0.2, -0.15) is 0 Å². The number of hydrogen-bond donors (Lipinski definition) is 1. The van der Waals surface area contributed by atoms with Gasteiger partial charge in [-0.3, -0.25) is 9.59 Å². The van der Waals surface area contributed by atoms with Crippen LogP contribution in [-0.4, -0.2) is 70.8 Å². The third-order valence-electron chi connectivity index (χ3n) is 6.53. The highest BCUT2D eigenvalue weighted by atomic mass is 16.6. The number of carbonyl (C=O) groups excluding carboxylic acids is 3. The van der Waals surface area contributed by atoms with Gasteiger partial charge in [-0.05, 0) is 51.5 Å². The second kappa shape index (κ2) is 11.0.